The first-order valence-electron chi connectivity index (χ1n) is 10.1. The molecule has 2 aromatic heterocycles. The molecule has 0 atom stereocenters. The Morgan fingerprint density at radius 2 is 1.97 bits per heavy atom. The zero-order valence-electron chi connectivity index (χ0n) is 17.2. The highest BCUT2D eigenvalue weighted by Crippen LogP contribution is 2.29. The SMILES string of the molecule is N/C=C\N(N)c1ncc(F)c2c(C(=O)C(=O)N3CCC(Oc4ccccc4)CC3)c[nH]c12. The number of fused-ring (bicyclic) bond motifs is 1. The number of benzene rings is 1. The van der Waals surface area contributed by atoms with Crippen LogP contribution in [0.1, 0.15) is 23.2 Å². The summed E-state index contributed by atoms with van der Waals surface area (Å²) in [5, 5.41) is 1.04. The molecule has 0 aliphatic carbocycles. The number of H-pyrrole nitrogens is 1. The van der Waals surface area contributed by atoms with Gasteiger partial charge in [-0.25, -0.2) is 15.2 Å². The van der Waals surface area contributed by atoms with E-state index < -0.39 is 17.5 Å². The molecule has 3 heterocycles. The van der Waals surface area contributed by atoms with Crippen LogP contribution in [0.15, 0.2) is 55.1 Å². The molecule has 5 N–H and O–H groups in total. The van der Waals surface area contributed by atoms with Gasteiger partial charge >= 0.3 is 0 Å². The third-order valence-electron chi connectivity index (χ3n) is 5.35. The molecule has 1 fully saturated rings. The number of nitrogens with two attached hydrogens (primary N) is 2. The Balaban J connectivity index is 1.49. The van der Waals surface area contributed by atoms with Crippen molar-refractivity contribution in [2.24, 2.45) is 11.6 Å². The van der Waals surface area contributed by atoms with E-state index >= 15 is 0 Å². The molecule has 4 rings (SSSR count). The predicted octanol–water partition coefficient (Wildman–Crippen LogP) is 2.06. The van der Waals surface area contributed by atoms with Gasteiger partial charge in [0.1, 0.15) is 11.9 Å². The summed E-state index contributed by atoms with van der Waals surface area (Å²) in [5.74, 6) is 4.55. The van der Waals surface area contributed by atoms with E-state index in [1.54, 1.807) is 0 Å². The number of aromatic amines is 1. The number of amides is 1. The van der Waals surface area contributed by atoms with E-state index in [1.165, 1.54) is 23.5 Å². The van der Waals surface area contributed by atoms with Crippen LogP contribution in [0.4, 0.5) is 10.2 Å². The number of ketones is 1. The highest BCUT2D eigenvalue weighted by atomic mass is 19.1. The third-order valence-corrected chi connectivity index (χ3v) is 5.35. The summed E-state index contributed by atoms with van der Waals surface area (Å²) in [5.41, 5.74) is 5.46. The van der Waals surface area contributed by atoms with Crippen molar-refractivity contribution in [1.82, 2.24) is 14.9 Å². The van der Waals surface area contributed by atoms with E-state index in [0.29, 0.717) is 25.9 Å². The molecular weight excluding hydrogens is 415 g/mol. The lowest BCUT2D eigenvalue weighted by Crippen LogP contribution is -2.44. The molecule has 166 valence electrons. The Hall–Kier alpha value is -3.92. The van der Waals surface area contributed by atoms with Crippen LogP contribution in [0, 0.1) is 5.82 Å². The van der Waals surface area contributed by atoms with Crippen molar-refractivity contribution in [3.8, 4) is 5.75 Å². The maximum absolute atomic E-state index is 14.6. The predicted molar refractivity (Wildman–Crippen MR) is 117 cm³/mol. The highest BCUT2D eigenvalue weighted by molar-refractivity contribution is 6.45. The number of hydrogen-bond acceptors (Lipinski definition) is 7. The lowest BCUT2D eigenvalue weighted by atomic mass is 10.0. The van der Waals surface area contributed by atoms with Crippen molar-refractivity contribution in [2.75, 3.05) is 18.1 Å². The minimum absolute atomic E-state index is 0.0399. The zero-order valence-corrected chi connectivity index (χ0v) is 17.2. The summed E-state index contributed by atoms with van der Waals surface area (Å²) in [6.45, 7) is 0.745. The maximum atomic E-state index is 14.6. The van der Waals surface area contributed by atoms with Crippen LogP contribution in [0.5, 0.6) is 5.75 Å². The number of para-hydroxylation sites is 1. The van der Waals surface area contributed by atoms with Gasteiger partial charge in [-0.15, -0.1) is 0 Å². The minimum Gasteiger partial charge on any atom is -0.490 e. The monoisotopic (exact) mass is 438 g/mol. The van der Waals surface area contributed by atoms with E-state index in [2.05, 4.69) is 9.97 Å². The van der Waals surface area contributed by atoms with Crippen molar-refractivity contribution in [1.29, 1.82) is 0 Å². The van der Waals surface area contributed by atoms with Crippen LogP contribution in [0.3, 0.4) is 0 Å². The second-order valence-corrected chi connectivity index (χ2v) is 7.38. The highest BCUT2D eigenvalue weighted by Gasteiger charge is 2.31. The molecule has 0 unspecified atom stereocenters. The van der Waals surface area contributed by atoms with Gasteiger partial charge in [0.25, 0.3) is 11.7 Å². The molecule has 1 aliphatic heterocycles. The summed E-state index contributed by atoms with van der Waals surface area (Å²) < 4.78 is 20.5. The number of anilines is 1. The van der Waals surface area contributed by atoms with Crippen LogP contribution < -0.4 is 21.3 Å². The molecule has 3 aromatic rings. The van der Waals surface area contributed by atoms with Crippen LogP contribution in [-0.4, -0.2) is 45.8 Å². The van der Waals surface area contributed by atoms with E-state index in [9.17, 15) is 14.0 Å². The molecule has 1 amide bonds. The van der Waals surface area contributed by atoms with Gasteiger partial charge in [0.15, 0.2) is 11.6 Å². The van der Waals surface area contributed by atoms with Crippen molar-refractivity contribution >= 4 is 28.4 Å². The van der Waals surface area contributed by atoms with Crippen LogP contribution in [-0.2, 0) is 4.79 Å². The number of likely N-dealkylation sites (tertiary alicyclic amines) is 1. The summed E-state index contributed by atoms with van der Waals surface area (Å²) in [6.07, 6.45) is 5.92. The summed E-state index contributed by atoms with van der Waals surface area (Å²) >= 11 is 0. The number of hydrogen-bond donors (Lipinski definition) is 3. The van der Waals surface area contributed by atoms with E-state index in [1.807, 2.05) is 30.3 Å². The lowest BCUT2D eigenvalue weighted by Gasteiger charge is -2.31. The van der Waals surface area contributed by atoms with Gasteiger partial charge < -0.3 is 20.4 Å². The molecule has 10 heteroatoms. The number of carbonyl (C=O) groups is 2. The Labute approximate surface area is 183 Å². The number of Topliss-reactive ketones (excluding diaryl/α,β-unsaturated/α-hetero) is 1. The van der Waals surface area contributed by atoms with Crippen LogP contribution in [0.25, 0.3) is 10.9 Å². The minimum atomic E-state index is -0.798. The smallest absolute Gasteiger partial charge is 0.295 e. The fraction of sp³-hybridized carbons (Fsp3) is 0.227. The number of pyridine rings is 1. The van der Waals surface area contributed by atoms with Gasteiger partial charge in [0.05, 0.1) is 22.7 Å². The molecule has 0 radical (unpaired) electrons. The van der Waals surface area contributed by atoms with E-state index in [0.717, 1.165) is 17.0 Å². The quantitative estimate of drug-likeness (QED) is 0.232. The summed E-state index contributed by atoms with van der Waals surface area (Å²) in [4.78, 5) is 34.0. The molecule has 9 nitrogen and oxygen atoms in total. The number of rotatable bonds is 6. The molecule has 0 bridgehead atoms. The van der Waals surface area contributed by atoms with Crippen molar-refractivity contribution in [3.05, 3.63) is 66.5 Å². The largest absolute Gasteiger partial charge is 0.490 e. The number of nitrogens with zero attached hydrogens (tertiary/aromatic N) is 3. The first kappa shape index (κ1) is 21.3. The lowest BCUT2D eigenvalue weighted by molar-refractivity contribution is -0.128. The first-order valence-corrected chi connectivity index (χ1v) is 10.1. The standard InChI is InChI=1S/C22H23FN6O3/c23-17-13-27-21(29(25)11-8-24)19-18(17)16(12-26-19)20(30)22(31)28-9-6-15(7-10-28)32-14-4-2-1-3-5-14/h1-5,8,11-13,15,26H,6-7,9-10,24-25H2/b11-8-. The van der Waals surface area contributed by atoms with Gasteiger partial charge in [0.2, 0.25) is 0 Å². The second kappa shape index (κ2) is 9.06. The Morgan fingerprint density at radius 3 is 2.66 bits per heavy atom. The van der Waals surface area contributed by atoms with Gasteiger partial charge in [-0.05, 0) is 12.1 Å². The fourth-order valence-corrected chi connectivity index (χ4v) is 3.76. The number of piperidine rings is 1. The zero-order chi connectivity index (χ0) is 22.7. The van der Waals surface area contributed by atoms with E-state index in [4.69, 9.17) is 16.3 Å². The third kappa shape index (κ3) is 4.12. The normalized spacial score (nSPS) is 14.8. The summed E-state index contributed by atoms with van der Waals surface area (Å²) in [6, 6.07) is 9.45. The second-order valence-electron chi connectivity index (χ2n) is 7.38. The Bertz CT molecular complexity index is 1160. The van der Waals surface area contributed by atoms with Crippen molar-refractivity contribution in [3.63, 3.8) is 0 Å². The van der Waals surface area contributed by atoms with Crippen molar-refractivity contribution < 1.29 is 18.7 Å². The molecule has 1 aromatic carbocycles. The van der Waals surface area contributed by atoms with E-state index in [-0.39, 0.29) is 28.4 Å². The molecule has 1 aliphatic rings. The van der Waals surface area contributed by atoms with Gasteiger partial charge in [-0.1, -0.05) is 18.2 Å². The van der Waals surface area contributed by atoms with Crippen LogP contribution in [0.2, 0.25) is 0 Å². The number of ether oxygens (including phenoxy) is 1. The number of carbonyl (C=O) groups excluding carboxylic acids is 2. The molecular formula is C22H23FN6O3. The topological polar surface area (TPSA) is 131 Å². The number of halogens is 1. The average Bonchev–Trinajstić information content (AvgIpc) is 3.26. The first-order chi connectivity index (χ1) is 15.5. The molecule has 0 saturated carbocycles. The number of aromatic nitrogens is 2. The van der Waals surface area contributed by atoms with Crippen LogP contribution >= 0.6 is 0 Å². The molecule has 32 heavy (non-hydrogen) atoms. The number of hydrazine groups is 1. The molecule has 0 spiro atoms. The maximum Gasteiger partial charge on any atom is 0.295 e. The summed E-state index contributed by atoms with van der Waals surface area (Å²) in [7, 11) is 0. The van der Waals surface area contributed by atoms with Crippen molar-refractivity contribution in [2.45, 2.75) is 18.9 Å². The van der Waals surface area contributed by atoms with Gasteiger partial charge in [-0.2, -0.15) is 0 Å². The number of nitrogens with one attached hydrogen (secondary N) is 1. The Kier molecular flexibility index (Phi) is 6.04. The van der Waals surface area contributed by atoms with Gasteiger partial charge in [0, 0.05) is 44.5 Å². The fourth-order valence-electron chi connectivity index (χ4n) is 3.76. The Morgan fingerprint density at radius 1 is 1.25 bits per heavy atom. The van der Waals surface area contributed by atoms with Gasteiger partial charge in [-0.3, -0.25) is 14.6 Å². The average molecular weight is 438 g/mol. The molecule has 1 saturated heterocycles.